The van der Waals surface area contributed by atoms with Crippen molar-refractivity contribution in [3.63, 3.8) is 0 Å². The zero-order valence-corrected chi connectivity index (χ0v) is 12.1. The van der Waals surface area contributed by atoms with Crippen LogP contribution in [0.2, 0.25) is 0 Å². The number of sulfone groups is 1. The number of halogens is 1. The smallest absolute Gasteiger partial charge is 0.197 e. The molecule has 1 atom stereocenters. The molecule has 0 N–H and O–H groups in total. The Hall–Kier alpha value is -1.41. The normalized spacial score (nSPS) is 19.0. The first-order valence-corrected chi connectivity index (χ1v) is 8.50. The van der Waals surface area contributed by atoms with E-state index in [1.165, 1.54) is 18.2 Å². The second-order valence-electron chi connectivity index (χ2n) is 5.28. The molecule has 1 aromatic carbocycles. The first-order valence-electron chi connectivity index (χ1n) is 6.95. The SMILES string of the molecule is N#CC(C1CCCCCC1)S(=O)(=O)c1ccccc1F. The standard InChI is InChI=1S/C15H18FNO2S/c16-13-9-5-6-10-14(13)20(18,19)15(11-17)12-7-3-1-2-4-8-12/h5-6,9-10,12,15H,1-4,7-8H2. The van der Waals surface area contributed by atoms with E-state index in [1.54, 1.807) is 0 Å². The van der Waals surface area contributed by atoms with E-state index in [0.29, 0.717) is 0 Å². The summed E-state index contributed by atoms with van der Waals surface area (Å²) in [5, 5.41) is 8.17. The van der Waals surface area contributed by atoms with Gasteiger partial charge >= 0.3 is 0 Å². The number of nitriles is 1. The molecule has 1 fully saturated rings. The van der Waals surface area contributed by atoms with E-state index in [0.717, 1.165) is 44.6 Å². The van der Waals surface area contributed by atoms with E-state index < -0.39 is 20.9 Å². The molecule has 0 saturated heterocycles. The molecule has 0 spiro atoms. The van der Waals surface area contributed by atoms with Gasteiger partial charge in [-0.1, -0.05) is 37.8 Å². The third-order valence-corrected chi connectivity index (χ3v) is 6.04. The zero-order valence-electron chi connectivity index (χ0n) is 11.3. The van der Waals surface area contributed by atoms with Gasteiger partial charge in [-0.2, -0.15) is 5.26 Å². The fourth-order valence-corrected chi connectivity index (χ4v) is 4.65. The minimum Gasteiger partial charge on any atom is -0.222 e. The van der Waals surface area contributed by atoms with Crippen LogP contribution in [-0.4, -0.2) is 13.7 Å². The van der Waals surface area contributed by atoms with Crippen molar-refractivity contribution < 1.29 is 12.8 Å². The third kappa shape index (κ3) is 3.01. The summed E-state index contributed by atoms with van der Waals surface area (Å²) in [4.78, 5) is -0.351. The third-order valence-electron chi connectivity index (χ3n) is 3.93. The van der Waals surface area contributed by atoms with Gasteiger partial charge in [0.15, 0.2) is 15.1 Å². The van der Waals surface area contributed by atoms with Crippen molar-refractivity contribution in [2.45, 2.75) is 48.7 Å². The number of nitrogens with zero attached hydrogens (tertiary/aromatic N) is 1. The zero-order chi connectivity index (χ0) is 14.6. The average Bonchev–Trinajstić information content (AvgIpc) is 2.68. The highest BCUT2D eigenvalue weighted by Gasteiger charge is 2.36. The lowest BCUT2D eigenvalue weighted by Gasteiger charge is -2.20. The monoisotopic (exact) mass is 295 g/mol. The predicted molar refractivity (Wildman–Crippen MR) is 74.2 cm³/mol. The van der Waals surface area contributed by atoms with E-state index in [4.69, 9.17) is 0 Å². The highest BCUT2D eigenvalue weighted by atomic mass is 32.2. The first-order chi connectivity index (χ1) is 9.57. The van der Waals surface area contributed by atoms with Crippen LogP contribution < -0.4 is 0 Å². The molecule has 0 aromatic heterocycles. The maximum absolute atomic E-state index is 13.7. The van der Waals surface area contributed by atoms with Crippen LogP contribution in [0.5, 0.6) is 0 Å². The van der Waals surface area contributed by atoms with E-state index in [9.17, 15) is 18.1 Å². The van der Waals surface area contributed by atoms with Gasteiger partial charge in [0.1, 0.15) is 10.7 Å². The molecule has 108 valence electrons. The van der Waals surface area contributed by atoms with Gasteiger partial charge in [0, 0.05) is 0 Å². The molecule has 5 heteroatoms. The first kappa shape index (κ1) is 15.0. The molecule has 1 aromatic rings. The van der Waals surface area contributed by atoms with Crippen LogP contribution in [0.3, 0.4) is 0 Å². The van der Waals surface area contributed by atoms with Crippen LogP contribution in [-0.2, 0) is 9.84 Å². The van der Waals surface area contributed by atoms with Crippen LogP contribution >= 0.6 is 0 Å². The van der Waals surface area contributed by atoms with Crippen molar-refractivity contribution in [3.8, 4) is 6.07 Å². The quantitative estimate of drug-likeness (QED) is 0.802. The van der Waals surface area contributed by atoms with Crippen molar-refractivity contribution in [2.75, 3.05) is 0 Å². The number of rotatable bonds is 3. The summed E-state index contributed by atoms with van der Waals surface area (Å²) in [5.74, 6) is -0.964. The molecule has 3 nitrogen and oxygen atoms in total. The van der Waals surface area contributed by atoms with Gasteiger partial charge in [0.25, 0.3) is 0 Å². The highest BCUT2D eigenvalue weighted by Crippen LogP contribution is 2.32. The Morgan fingerprint density at radius 2 is 1.75 bits per heavy atom. The van der Waals surface area contributed by atoms with Crippen molar-refractivity contribution >= 4 is 9.84 Å². The van der Waals surface area contributed by atoms with Crippen LogP contribution in [0.25, 0.3) is 0 Å². The fourth-order valence-electron chi connectivity index (χ4n) is 2.85. The maximum Gasteiger partial charge on any atom is 0.197 e. The number of hydrogen-bond donors (Lipinski definition) is 0. The highest BCUT2D eigenvalue weighted by molar-refractivity contribution is 7.92. The summed E-state index contributed by atoms with van der Waals surface area (Å²) in [5.41, 5.74) is 0. The fraction of sp³-hybridized carbons (Fsp3) is 0.533. The van der Waals surface area contributed by atoms with Gasteiger partial charge in [0.05, 0.1) is 6.07 Å². The number of benzene rings is 1. The van der Waals surface area contributed by atoms with Gasteiger partial charge in [-0.05, 0) is 30.9 Å². The molecular formula is C15H18FNO2S. The summed E-state index contributed by atoms with van der Waals surface area (Å²) in [6, 6.07) is 7.20. The maximum atomic E-state index is 13.7. The molecule has 1 aliphatic rings. The van der Waals surface area contributed by atoms with E-state index >= 15 is 0 Å². The van der Waals surface area contributed by atoms with Gasteiger partial charge in [-0.15, -0.1) is 0 Å². The van der Waals surface area contributed by atoms with E-state index in [1.807, 2.05) is 6.07 Å². The second kappa shape index (κ2) is 6.36. The van der Waals surface area contributed by atoms with Crippen molar-refractivity contribution in [1.29, 1.82) is 5.26 Å². The molecule has 2 rings (SSSR count). The molecule has 1 unspecified atom stereocenters. The average molecular weight is 295 g/mol. The van der Waals surface area contributed by atoms with Crippen molar-refractivity contribution in [2.24, 2.45) is 5.92 Å². The van der Waals surface area contributed by atoms with Gasteiger partial charge in [-0.25, -0.2) is 12.8 Å². The molecule has 0 bridgehead atoms. The van der Waals surface area contributed by atoms with Gasteiger partial charge < -0.3 is 0 Å². The lowest BCUT2D eigenvalue weighted by atomic mass is 9.97. The molecule has 0 aliphatic heterocycles. The predicted octanol–water partition coefficient (Wildman–Crippen LogP) is 3.46. The Kier molecular flexibility index (Phi) is 4.77. The molecule has 1 saturated carbocycles. The summed E-state index contributed by atoms with van der Waals surface area (Å²) < 4.78 is 38.8. The van der Waals surface area contributed by atoms with Crippen LogP contribution in [0.15, 0.2) is 29.2 Å². The van der Waals surface area contributed by atoms with Crippen molar-refractivity contribution in [3.05, 3.63) is 30.1 Å². The molecular weight excluding hydrogens is 277 g/mol. The summed E-state index contributed by atoms with van der Waals surface area (Å²) >= 11 is 0. The molecule has 20 heavy (non-hydrogen) atoms. The summed E-state index contributed by atoms with van der Waals surface area (Å²) in [6.07, 6.45) is 5.49. The second-order valence-corrected chi connectivity index (χ2v) is 7.31. The summed E-state index contributed by atoms with van der Waals surface area (Å²) in [6.45, 7) is 0. The largest absolute Gasteiger partial charge is 0.222 e. The topological polar surface area (TPSA) is 57.9 Å². The van der Waals surface area contributed by atoms with Crippen LogP contribution in [0.4, 0.5) is 4.39 Å². The molecule has 0 amide bonds. The van der Waals surface area contributed by atoms with E-state index in [-0.39, 0.29) is 10.8 Å². The Morgan fingerprint density at radius 3 is 2.30 bits per heavy atom. The lowest BCUT2D eigenvalue weighted by Crippen LogP contribution is -2.29. The Bertz CT molecular complexity index is 599. The minimum atomic E-state index is -3.93. The lowest BCUT2D eigenvalue weighted by molar-refractivity contribution is 0.457. The Morgan fingerprint density at radius 1 is 1.15 bits per heavy atom. The minimum absolute atomic E-state index is 0.188. The molecule has 1 aliphatic carbocycles. The van der Waals surface area contributed by atoms with Crippen LogP contribution in [0.1, 0.15) is 38.5 Å². The van der Waals surface area contributed by atoms with Crippen LogP contribution in [0, 0.1) is 23.1 Å². The van der Waals surface area contributed by atoms with Gasteiger partial charge in [0.2, 0.25) is 0 Å². The summed E-state index contributed by atoms with van der Waals surface area (Å²) in [7, 11) is -3.93. The Balaban J connectivity index is 2.35. The molecule has 0 radical (unpaired) electrons. The number of hydrogen-bond acceptors (Lipinski definition) is 3. The van der Waals surface area contributed by atoms with E-state index in [2.05, 4.69) is 0 Å². The molecule has 0 heterocycles. The Labute approximate surface area is 119 Å². The van der Waals surface area contributed by atoms with Gasteiger partial charge in [-0.3, -0.25) is 0 Å². The van der Waals surface area contributed by atoms with Crippen molar-refractivity contribution in [1.82, 2.24) is 0 Å².